The molecular formula is C13H11Cl2N3OS2. The molecule has 1 saturated carbocycles. The van der Waals surface area contributed by atoms with E-state index in [-0.39, 0.29) is 11.7 Å². The van der Waals surface area contributed by atoms with Crippen molar-refractivity contribution in [1.29, 1.82) is 0 Å². The van der Waals surface area contributed by atoms with Crippen LogP contribution in [0.1, 0.15) is 28.3 Å². The predicted molar refractivity (Wildman–Crippen MR) is 87.6 cm³/mol. The average molecular weight is 360 g/mol. The number of aromatic nitrogens is 2. The lowest BCUT2D eigenvalue weighted by atomic mass is 10.1. The molecule has 0 radical (unpaired) electrons. The fraction of sp³-hybridized carbons (Fsp3) is 0.308. The van der Waals surface area contributed by atoms with E-state index in [4.69, 9.17) is 28.9 Å². The van der Waals surface area contributed by atoms with Crippen LogP contribution in [0.2, 0.25) is 0 Å². The molecule has 1 aliphatic carbocycles. The number of thioether (sulfide) groups is 1. The molecule has 1 fully saturated rings. The molecule has 1 atom stereocenters. The van der Waals surface area contributed by atoms with E-state index < -0.39 is 4.33 Å². The Hall–Kier alpha value is -0.820. The lowest BCUT2D eigenvalue weighted by Crippen LogP contribution is -2.02. The van der Waals surface area contributed by atoms with Gasteiger partial charge in [0, 0.05) is 11.5 Å². The van der Waals surface area contributed by atoms with Gasteiger partial charge in [-0.25, -0.2) is 0 Å². The van der Waals surface area contributed by atoms with Crippen LogP contribution in [-0.4, -0.2) is 26.1 Å². The number of nitrogen functional groups attached to an aromatic ring is 1. The summed E-state index contributed by atoms with van der Waals surface area (Å²) in [6, 6.07) is 7.46. The number of nitrogens with two attached hydrogens (primary N) is 1. The number of benzene rings is 1. The molecule has 0 aliphatic heterocycles. The molecule has 0 spiro atoms. The minimum atomic E-state index is -0.640. The normalized spacial score (nSPS) is 19.4. The first-order valence-corrected chi connectivity index (χ1v) is 8.74. The number of anilines is 1. The summed E-state index contributed by atoms with van der Waals surface area (Å²) in [5.41, 5.74) is 7.23. The van der Waals surface area contributed by atoms with Crippen LogP contribution in [-0.2, 0) is 0 Å². The number of hydrogen-bond acceptors (Lipinski definition) is 6. The number of Topliss-reactive ketones (excluding diaryl/α,β-unsaturated/α-hetero) is 1. The zero-order valence-corrected chi connectivity index (χ0v) is 13.9. The largest absolute Gasteiger partial charge is 0.374 e. The van der Waals surface area contributed by atoms with Gasteiger partial charge >= 0.3 is 0 Å². The molecule has 0 amide bonds. The Kier molecular flexibility index (Phi) is 4.14. The molecule has 4 nitrogen and oxygen atoms in total. The van der Waals surface area contributed by atoms with E-state index >= 15 is 0 Å². The number of ketones is 1. The molecule has 2 N–H and O–H groups in total. The topological polar surface area (TPSA) is 68.9 Å². The predicted octanol–water partition coefficient (Wildman–Crippen LogP) is 3.76. The zero-order valence-electron chi connectivity index (χ0n) is 10.8. The van der Waals surface area contributed by atoms with E-state index in [1.807, 2.05) is 24.3 Å². The zero-order chi connectivity index (χ0) is 15.0. The van der Waals surface area contributed by atoms with E-state index in [1.165, 1.54) is 23.1 Å². The summed E-state index contributed by atoms with van der Waals surface area (Å²) in [7, 11) is 0. The van der Waals surface area contributed by atoms with E-state index in [0.29, 0.717) is 20.8 Å². The second-order valence-electron chi connectivity index (χ2n) is 4.76. The summed E-state index contributed by atoms with van der Waals surface area (Å²) in [5, 5.41) is 7.98. The van der Waals surface area contributed by atoms with E-state index in [9.17, 15) is 4.79 Å². The average Bonchev–Trinajstić information content (AvgIpc) is 2.90. The molecule has 0 saturated heterocycles. The molecule has 2 aromatic rings. The van der Waals surface area contributed by atoms with Crippen LogP contribution < -0.4 is 5.73 Å². The maximum absolute atomic E-state index is 12.1. The van der Waals surface area contributed by atoms with E-state index in [1.54, 1.807) is 0 Å². The minimum absolute atomic E-state index is 0.0409. The van der Waals surface area contributed by atoms with Crippen LogP contribution in [0.4, 0.5) is 5.13 Å². The molecule has 1 heterocycles. The molecular weight excluding hydrogens is 349 g/mol. The maximum Gasteiger partial charge on any atom is 0.203 e. The van der Waals surface area contributed by atoms with Crippen molar-refractivity contribution in [1.82, 2.24) is 10.2 Å². The SMILES string of the molecule is Nc1nnc(SCC(=O)c2ccc([C@@H]3CC3(Cl)Cl)cc2)s1. The smallest absolute Gasteiger partial charge is 0.203 e. The van der Waals surface area contributed by atoms with Gasteiger partial charge in [0.1, 0.15) is 4.33 Å². The highest BCUT2D eigenvalue weighted by atomic mass is 35.5. The number of halogens is 2. The highest BCUT2D eigenvalue weighted by Crippen LogP contribution is 2.59. The highest BCUT2D eigenvalue weighted by molar-refractivity contribution is 8.01. The molecule has 0 unspecified atom stereocenters. The summed E-state index contributed by atoms with van der Waals surface area (Å²) < 4.78 is 0.0589. The van der Waals surface area contributed by atoms with Gasteiger partial charge in [0.05, 0.1) is 5.75 Å². The quantitative estimate of drug-likeness (QED) is 0.500. The van der Waals surface area contributed by atoms with Gasteiger partial charge in [-0.15, -0.1) is 33.4 Å². The molecule has 21 heavy (non-hydrogen) atoms. The van der Waals surface area contributed by atoms with Gasteiger partial charge in [-0.1, -0.05) is 47.4 Å². The Morgan fingerprint density at radius 3 is 2.57 bits per heavy atom. The fourth-order valence-electron chi connectivity index (χ4n) is 1.97. The second kappa shape index (κ2) is 5.76. The van der Waals surface area contributed by atoms with Gasteiger partial charge in [0.15, 0.2) is 10.1 Å². The Labute approximate surface area is 140 Å². The van der Waals surface area contributed by atoms with Gasteiger partial charge in [0.2, 0.25) is 5.13 Å². The first-order chi connectivity index (χ1) is 9.95. The first kappa shape index (κ1) is 15.1. The molecule has 1 aromatic carbocycles. The van der Waals surface area contributed by atoms with Gasteiger partial charge in [-0.05, 0) is 12.0 Å². The standard InChI is InChI=1S/C13H11Cl2N3OS2/c14-13(15)5-9(13)7-1-3-8(4-2-7)10(19)6-20-12-18-17-11(16)21-12/h1-4,9H,5-6H2,(H2,16,17)/t9-/m0/s1. The van der Waals surface area contributed by atoms with Crippen molar-refractivity contribution >= 4 is 57.2 Å². The van der Waals surface area contributed by atoms with Crippen molar-refractivity contribution in [3.8, 4) is 0 Å². The summed E-state index contributed by atoms with van der Waals surface area (Å²) in [4.78, 5) is 12.1. The van der Waals surface area contributed by atoms with Crippen molar-refractivity contribution in [2.24, 2.45) is 0 Å². The lowest BCUT2D eigenvalue weighted by molar-refractivity contribution is 0.102. The van der Waals surface area contributed by atoms with Gasteiger partial charge in [-0.2, -0.15) is 0 Å². The Morgan fingerprint density at radius 2 is 2.05 bits per heavy atom. The monoisotopic (exact) mass is 359 g/mol. The summed E-state index contributed by atoms with van der Waals surface area (Å²) in [6.45, 7) is 0. The molecule has 1 aromatic heterocycles. The number of carbonyl (C=O) groups excluding carboxylic acids is 1. The third-order valence-corrected chi connectivity index (χ3v) is 5.93. The van der Waals surface area contributed by atoms with Crippen LogP contribution in [0.5, 0.6) is 0 Å². The van der Waals surface area contributed by atoms with Crippen molar-refractivity contribution in [3.05, 3.63) is 35.4 Å². The summed E-state index contributed by atoms with van der Waals surface area (Å²) >= 11 is 14.7. The van der Waals surface area contributed by atoms with Crippen molar-refractivity contribution in [3.63, 3.8) is 0 Å². The Bertz CT molecular complexity index is 672. The fourth-order valence-corrected chi connectivity index (χ4v) is 4.06. The molecule has 110 valence electrons. The van der Waals surface area contributed by atoms with Gasteiger partial charge < -0.3 is 5.73 Å². The third-order valence-electron chi connectivity index (χ3n) is 3.21. The van der Waals surface area contributed by atoms with Crippen LogP contribution in [0.25, 0.3) is 0 Å². The highest BCUT2D eigenvalue weighted by Gasteiger charge is 2.52. The van der Waals surface area contributed by atoms with Crippen LogP contribution in [0, 0.1) is 0 Å². The number of alkyl halides is 2. The maximum atomic E-state index is 12.1. The van der Waals surface area contributed by atoms with Gasteiger partial charge in [0.25, 0.3) is 0 Å². The molecule has 3 rings (SSSR count). The molecule has 8 heteroatoms. The van der Waals surface area contributed by atoms with E-state index in [2.05, 4.69) is 10.2 Å². The molecule has 1 aliphatic rings. The second-order valence-corrected chi connectivity index (χ2v) is 8.53. The molecule has 0 bridgehead atoms. The van der Waals surface area contributed by atoms with Crippen molar-refractivity contribution < 1.29 is 4.79 Å². The number of rotatable bonds is 5. The van der Waals surface area contributed by atoms with Crippen LogP contribution in [0.15, 0.2) is 28.6 Å². The van der Waals surface area contributed by atoms with E-state index in [0.717, 1.165) is 12.0 Å². The minimum Gasteiger partial charge on any atom is -0.374 e. The van der Waals surface area contributed by atoms with Gasteiger partial charge in [-0.3, -0.25) is 4.79 Å². The van der Waals surface area contributed by atoms with Crippen LogP contribution in [0.3, 0.4) is 0 Å². The number of nitrogens with zero attached hydrogens (tertiary/aromatic N) is 2. The number of hydrogen-bond donors (Lipinski definition) is 1. The Morgan fingerprint density at radius 1 is 1.38 bits per heavy atom. The van der Waals surface area contributed by atoms with Crippen LogP contribution >= 0.6 is 46.3 Å². The summed E-state index contributed by atoms with van der Waals surface area (Å²) in [5.74, 6) is 0.523. The van der Waals surface area contributed by atoms with Crippen molar-refractivity contribution in [2.45, 2.75) is 21.0 Å². The first-order valence-electron chi connectivity index (χ1n) is 6.18. The lowest BCUT2D eigenvalue weighted by Gasteiger charge is -2.03. The number of carbonyl (C=O) groups is 1. The third kappa shape index (κ3) is 3.51. The van der Waals surface area contributed by atoms with Crippen molar-refractivity contribution in [2.75, 3.05) is 11.5 Å². The Balaban J connectivity index is 1.60. The summed E-state index contributed by atoms with van der Waals surface area (Å²) in [6.07, 6.45) is 0.762.